The van der Waals surface area contributed by atoms with Crippen LogP contribution >= 0.6 is 0 Å². The van der Waals surface area contributed by atoms with Crippen molar-refractivity contribution >= 4 is 0 Å². The minimum absolute atomic E-state index is 1.10. The molecule has 2 rings (SSSR count). The zero-order chi connectivity index (χ0) is 11.4. The van der Waals surface area contributed by atoms with Gasteiger partial charge < -0.3 is 0 Å². The predicted octanol–water partition coefficient (Wildman–Crippen LogP) is 3.50. The van der Waals surface area contributed by atoms with Gasteiger partial charge in [-0.2, -0.15) is 0 Å². The van der Waals surface area contributed by atoms with Crippen molar-refractivity contribution in [1.29, 1.82) is 0 Å². The molecule has 1 heterocycles. The smallest absolute Gasteiger partial charge is 0.115 e. The topological polar surface area (TPSA) is 25.8 Å². The lowest BCUT2D eigenvalue weighted by Gasteiger charge is -1.81. The Morgan fingerprint density at radius 1 is 0.733 bits per heavy atom. The molecule has 80 valence electrons. The van der Waals surface area contributed by atoms with E-state index in [4.69, 9.17) is 0 Å². The molecule has 0 spiro atoms. The third kappa shape index (κ3) is 8.63. The fourth-order valence-electron chi connectivity index (χ4n) is 0.759. The Morgan fingerprint density at radius 2 is 1.07 bits per heavy atom. The second-order valence-electron chi connectivity index (χ2n) is 2.57. The number of benzene rings is 1. The average molecular weight is 202 g/mol. The first-order valence-electron chi connectivity index (χ1n) is 5.11. The van der Waals surface area contributed by atoms with Gasteiger partial charge in [0.15, 0.2) is 0 Å². The van der Waals surface area contributed by atoms with Crippen molar-refractivity contribution < 1.29 is 0 Å². The minimum Gasteiger partial charge on any atom is -0.245 e. The SMILES string of the molecule is CC.Cc1cncnc1.c1ccccc1. The van der Waals surface area contributed by atoms with Crippen LogP contribution in [0.1, 0.15) is 19.4 Å². The summed E-state index contributed by atoms with van der Waals surface area (Å²) < 4.78 is 0. The summed E-state index contributed by atoms with van der Waals surface area (Å²) in [7, 11) is 0. The molecule has 0 aliphatic heterocycles. The van der Waals surface area contributed by atoms with Crippen LogP contribution in [0, 0.1) is 6.92 Å². The van der Waals surface area contributed by atoms with Gasteiger partial charge in [0.2, 0.25) is 0 Å². The predicted molar refractivity (Wildman–Crippen MR) is 64.6 cm³/mol. The fourth-order valence-corrected chi connectivity index (χ4v) is 0.759. The summed E-state index contributed by atoms with van der Waals surface area (Å²) in [5, 5.41) is 0. The van der Waals surface area contributed by atoms with Gasteiger partial charge >= 0.3 is 0 Å². The lowest BCUT2D eigenvalue weighted by Crippen LogP contribution is -1.75. The molecule has 1 aromatic carbocycles. The van der Waals surface area contributed by atoms with E-state index in [2.05, 4.69) is 9.97 Å². The molecule has 2 aromatic rings. The Bertz CT molecular complexity index is 279. The van der Waals surface area contributed by atoms with Crippen LogP contribution in [0.3, 0.4) is 0 Å². The molecular weight excluding hydrogens is 184 g/mol. The van der Waals surface area contributed by atoms with Crippen molar-refractivity contribution in [2.45, 2.75) is 20.8 Å². The summed E-state index contributed by atoms with van der Waals surface area (Å²) in [5.74, 6) is 0. The highest BCUT2D eigenvalue weighted by Crippen LogP contribution is 1.84. The molecule has 2 nitrogen and oxygen atoms in total. The normalized spacial score (nSPS) is 7.67. The fraction of sp³-hybridized carbons (Fsp3) is 0.231. The van der Waals surface area contributed by atoms with E-state index in [0.29, 0.717) is 0 Å². The standard InChI is InChI=1S/C6H6.C5H6N2.C2H6/c1-2-4-6-5-3-1;1-5-2-6-4-7-3-5;1-2/h1-6H;2-4H,1H3;1-2H3. The monoisotopic (exact) mass is 202 g/mol. The largest absolute Gasteiger partial charge is 0.245 e. The molecule has 15 heavy (non-hydrogen) atoms. The van der Waals surface area contributed by atoms with Gasteiger partial charge in [-0.05, 0) is 12.5 Å². The highest BCUT2D eigenvalue weighted by molar-refractivity contribution is 4.99. The zero-order valence-electron chi connectivity index (χ0n) is 9.59. The van der Waals surface area contributed by atoms with Crippen molar-refractivity contribution in [1.82, 2.24) is 9.97 Å². The van der Waals surface area contributed by atoms with Gasteiger partial charge in [0.1, 0.15) is 6.33 Å². The molecule has 0 atom stereocenters. The Kier molecular flexibility index (Phi) is 9.20. The maximum atomic E-state index is 3.77. The third-order valence-electron chi connectivity index (χ3n) is 1.36. The van der Waals surface area contributed by atoms with Crippen molar-refractivity contribution in [3.05, 3.63) is 60.7 Å². The van der Waals surface area contributed by atoms with Gasteiger partial charge in [0.05, 0.1) is 0 Å². The number of rotatable bonds is 0. The van der Waals surface area contributed by atoms with Crippen molar-refractivity contribution in [2.75, 3.05) is 0 Å². The Morgan fingerprint density at radius 3 is 1.27 bits per heavy atom. The molecule has 0 radical (unpaired) electrons. The van der Waals surface area contributed by atoms with Crippen molar-refractivity contribution in [2.24, 2.45) is 0 Å². The maximum Gasteiger partial charge on any atom is 0.115 e. The number of hydrogen-bond acceptors (Lipinski definition) is 2. The Hall–Kier alpha value is -1.70. The average Bonchev–Trinajstić information content (AvgIpc) is 2.36. The van der Waals surface area contributed by atoms with Gasteiger partial charge in [0, 0.05) is 12.4 Å². The van der Waals surface area contributed by atoms with Crippen LogP contribution in [0.15, 0.2) is 55.1 Å². The minimum atomic E-state index is 1.10. The van der Waals surface area contributed by atoms with E-state index in [0.717, 1.165) is 5.56 Å². The summed E-state index contributed by atoms with van der Waals surface area (Å²) in [6.45, 7) is 5.96. The Labute approximate surface area is 92.0 Å². The molecular formula is C13H18N2. The summed E-state index contributed by atoms with van der Waals surface area (Å²) in [6.07, 6.45) is 5.06. The van der Waals surface area contributed by atoms with E-state index in [-0.39, 0.29) is 0 Å². The Balaban J connectivity index is 0.000000227. The summed E-state index contributed by atoms with van der Waals surface area (Å²) in [6, 6.07) is 12.0. The molecule has 0 fully saturated rings. The van der Waals surface area contributed by atoms with Crippen LogP contribution in [0.4, 0.5) is 0 Å². The molecule has 0 amide bonds. The number of nitrogens with zero attached hydrogens (tertiary/aromatic N) is 2. The molecule has 0 N–H and O–H groups in total. The maximum absolute atomic E-state index is 3.77. The molecule has 0 saturated carbocycles. The number of aromatic nitrogens is 2. The molecule has 0 aliphatic carbocycles. The van der Waals surface area contributed by atoms with Crippen LogP contribution in [0.25, 0.3) is 0 Å². The first-order valence-corrected chi connectivity index (χ1v) is 5.11. The second kappa shape index (κ2) is 10.4. The van der Waals surface area contributed by atoms with E-state index < -0.39 is 0 Å². The second-order valence-corrected chi connectivity index (χ2v) is 2.57. The molecule has 0 saturated heterocycles. The van der Waals surface area contributed by atoms with Gasteiger partial charge in [-0.1, -0.05) is 50.2 Å². The van der Waals surface area contributed by atoms with E-state index >= 15 is 0 Å². The zero-order valence-corrected chi connectivity index (χ0v) is 9.59. The quantitative estimate of drug-likeness (QED) is 0.653. The molecule has 0 unspecified atom stereocenters. The van der Waals surface area contributed by atoms with E-state index in [9.17, 15) is 0 Å². The highest BCUT2D eigenvalue weighted by Gasteiger charge is 1.74. The lowest BCUT2D eigenvalue weighted by molar-refractivity contribution is 1.13. The summed E-state index contributed by atoms with van der Waals surface area (Å²) in [4.78, 5) is 7.55. The molecule has 0 aliphatic rings. The van der Waals surface area contributed by atoms with Crippen LogP contribution in [0.2, 0.25) is 0 Å². The van der Waals surface area contributed by atoms with Crippen molar-refractivity contribution in [3.8, 4) is 0 Å². The number of aryl methyl sites for hydroxylation is 1. The van der Waals surface area contributed by atoms with Gasteiger partial charge in [-0.15, -0.1) is 0 Å². The van der Waals surface area contributed by atoms with Crippen molar-refractivity contribution in [3.63, 3.8) is 0 Å². The van der Waals surface area contributed by atoms with Gasteiger partial charge in [-0.25, -0.2) is 9.97 Å². The van der Waals surface area contributed by atoms with Crippen LogP contribution < -0.4 is 0 Å². The first-order chi connectivity index (χ1) is 7.39. The van der Waals surface area contributed by atoms with Crippen LogP contribution in [0.5, 0.6) is 0 Å². The van der Waals surface area contributed by atoms with Crippen LogP contribution in [-0.4, -0.2) is 9.97 Å². The van der Waals surface area contributed by atoms with E-state index in [1.807, 2.05) is 57.2 Å². The van der Waals surface area contributed by atoms with Gasteiger partial charge in [0.25, 0.3) is 0 Å². The lowest BCUT2D eigenvalue weighted by atomic mass is 10.4. The van der Waals surface area contributed by atoms with E-state index in [1.165, 1.54) is 6.33 Å². The third-order valence-corrected chi connectivity index (χ3v) is 1.36. The van der Waals surface area contributed by atoms with Gasteiger partial charge in [-0.3, -0.25) is 0 Å². The number of hydrogen-bond donors (Lipinski definition) is 0. The molecule has 2 heteroatoms. The molecule has 1 aromatic heterocycles. The highest BCUT2D eigenvalue weighted by atomic mass is 14.8. The first kappa shape index (κ1) is 13.3. The van der Waals surface area contributed by atoms with Crippen LogP contribution in [-0.2, 0) is 0 Å². The van der Waals surface area contributed by atoms with E-state index in [1.54, 1.807) is 12.4 Å². The summed E-state index contributed by atoms with van der Waals surface area (Å²) >= 11 is 0. The summed E-state index contributed by atoms with van der Waals surface area (Å²) in [5.41, 5.74) is 1.10. The molecule has 0 bridgehead atoms.